The summed E-state index contributed by atoms with van der Waals surface area (Å²) in [5, 5.41) is -0.0340. The number of hydrogen-bond acceptors (Lipinski definition) is 3. The number of epoxide rings is 1. The molecule has 3 nitrogen and oxygen atoms in total. The molecule has 0 N–H and O–H groups in total. The van der Waals surface area contributed by atoms with Crippen molar-refractivity contribution in [2.75, 3.05) is 0 Å². The zero-order valence-electron chi connectivity index (χ0n) is 25.2. The summed E-state index contributed by atoms with van der Waals surface area (Å²) >= 11 is 0. The van der Waals surface area contributed by atoms with Crippen LogP contribution in [0.5, 0.6) is 0 Å². The third-order valence-corrected chi connectivity index (χ3v) is 23.0. The topological polar surface area (TPSA) is 31.0 Å². The Morgan fingerprint density at radius 3 is 2.11 bits per heavy atom. The van der Waals surface area contributed by atoms with Crippen LogP contribution in [0.25, 0.3) is 0 Å². The Bertz CT molecular complexity index is 861. The summed E-state index contributed by atoms with van der Waals surface area (Å²) in [7, 11) is -3.36. The molecule has 6 atom stereocenters. The minimum absolute atomic E-state index is 0.000951. The highest BCUT2D eigenvalue weighted by molar-refractivity contribution is 6.90. The third-order valence-electron chi connectivity index (χ3n) is 10.2. The molecule has 0 saturated carbocycles. The van der Waals surface area contributed by atoms with Gasteiger partial charge in [0, 0.05) is 6.42 Å². The maximum absolute atomic E-state index is 6.80. The summed E-state index contributed by atoms with van der Waals surface area (Å²) in [5.74, 6) is 3.50. The Labute approximate surface area is 230 Å². The van der Waals surface area contributed by atoms with Crippen LogP contribution in [0, 0.1) is 11.5 Å². The average Bonchev–Trinajstić information content (AvgIpc) is 3.59. The first-order valence-corrected chi connectivity index (χ1v) is 19.9. The summed E-state index contributed by atoms with van der Waals surface area (Å²) < 4.78 is 20.2. The summed E-state index contributed by atoms with van der Waals surface area (Å²) in [6, 6.07) is 3.75. The van der Waals surface area contributed by atoms with Crippen LogP contribution in [0.15, 0.2) is 37.0 Å². The number of fused-ring (bicyclic) bond motifs is 2. The van der Waals surface area contributed by atoms with E-state index in [1.165, 1.54) is 18.1 Å². The van der Waals surface area contributed by atoms with E-state index in [1.807, 2.05) is 6.08 Å². The van der Waals surface area contributed by atoms with Crippen molar-refractivity contribution in [2.45, 2.75) is 152 Å². The summed E-state index contributed by atoms with van der Waals surface area (Å²) in [6.45, 7) is 25.3. The van der Waals surface area contributed by atoms with E-state index in [4.69, 9.17) is 14.2 Å². The normalized spacial score (nSPS) is 31.7. The highest BCUT2D eigenvalue weighted by atomic mass is 28.3. The van der Waals surface area contributed by atoms with Gasteiger partial charge >= 0.3 is 0 Å². The lowest BCUT2D eigenvalue weighted by Gasteiger charge is -2.38. The number of rotatable bonds is 11. The van der Waals surface area contributed by atoms with Gasteiger partial charge in [0.2, 0.25) is 0 Å². The predicted molar refractivity (Wildman–Crippen MR) is 163 cm³/mol. The van der Waals surface area contributed by atoms with Crippen molar-refractivity contribution in [2.24, 2.45) is 0 Å². The van der Waals surface area contributed by atoms with Gasteiger partial charge in [0.1, 0.15) is 20.3 Å². The predicted octanol–water partition coefficient (Wildman–Crippen LogP) is 8.40. The SMILES string of the molecule is C=CC[C@@H]1C=C[C@@H]2O[C@H](C/C=C\C#C[Si](C(C)C)(C(C)C)C(C)C)[C@@H]3O[C@]3([Si](CC)(CC)CC)C[C@H]2O1. The molecule has 3 rings (SSSR count). The molecule has 0 unspecified atom stereocenters. The van der Waals surface area contributed by atoms with Crippen molar-refractivity contribution in [1.82, 2.24) is 0 Å². The monoisotopic (exact) mass is 542 g/mol. The Hall–Kier alpha value is -0.906. The van der Waals surface area contributed by atoms with E-state index in [0.717, 1.165) is 19.3 Å². The summed E-state index contributed by atoms with van der Waals surface area (Å²) in [6.07, 6.45) is 13.7. The van der Waals surface area contributed by atoms with Crippen molar-refractivity contribution in [3.63, 3.8) is 0 Å². The molecule has 0 radical (unpaired) electrons. The molecule has 3 heterocycles. The maximum atomic E-state index is 6.80. The lowest BCUT2D eigenvalue weighted by atomic mass is 10.0. The molecule has 3 aliphatic heterocycles. The second-order valence-electron chi connectivity index (χ2n) is 12.5. The highest BCUT2D eigenvalue weighted by Crippen LogP contribution is 2.57. The number of ether oxygens (including phenoxy) is 3. The number of hydrogen-bond donors (Lipinski definition) is 0. The molecule has 3 aliphatic rings. The third kappa shape index (κ3) is 5.70. The minimum atomic E-state index is -1.71. The van der Waals surface area contributed by atoms with E-state index in [2.05, 4.69) is 105 Å². The van der Waals surface area contributed by atoms with E-state index >= 15 is 0 Å². The van der Waals surface area contributed by atoms with Crippen LogP contribution < -0.4 is 0 Å². The molecule has 208 valence electrons. The van der Waals surface area contributed by atoms with Crippen molar-refractivity contribution in [3.05, 3.63) is 37.0 Å². The number of allylic oxidation sites excluding steroid dienone is 1. The van der Waals surface area contributed by atoms with Crippen LogP contribution in [0.2, 0.25) is 34.8 Å². The molecule has 0 bridgehead atoms. The summed E-state index contributed by atoms with van der Waals surface area (Å²) in [4.78, 5) is 0. The maximum Gasteiger partial charge on any atom is 0.146 e. The van der Waals surface area contributed by atoms with Gasteiger partial charge in [0.15, 0.2) is 0 Å². The zero-order valence-corrected chi connectivity index (χ0v) is 27.2. The minimum Gasteiger partial charge on any atom is -0.367 e. The first-order valence-electron chi connectivity index (χ1n) is 15.0. The van der Waals surface area contributed by atoms with E-state index in [0.29, 0.717) is 16.6 Å². The van der Waals surface area contributed by atoms with Crippen LogP contribution in [0.1, 0.15) is 81.6 Å². The Morgan fingerprint density at radius 1 is 0.946 bits per heavy atom. The lowest BCUT2D eigenvalue weighted by molar-refractivity contribution is -0.110. The molecule has 5 heteroatoms. The van der Waals surface area contributed by atoms with Gasteiger partial charge in [-0.25, -0.2) is 0 Å². The van der Waals surface area contributed by atoms with Gasteiger partial charge in [-0.3, -0.25) is 0 Å². The van der Waals surface area contributed by atoms with Gasteiger partial charge in [-0.15, -0.1) is 12.1 Å². The van der Waals surface area contributed by atoms with E-state index < -0.39 is 16.1 Å². The van der Waals surface area contributed by atoms with Gasteiger partial charge in [0.05, 0.1) is 31.6 Å². The van der Waals surface area contributed by atoms with Gasteiger partial charge < -0.3 is 14.2 Å². The molecule has 0 aromatic carbocycles. The van der Waals surface area contributed by atoms with E-state index in [-0.39, 0.29) is 35.7 Å². The highest BCUT2D eigenvalue weighted by Gasteiger charge is 2.71. The van der Waals surface area contributed by atoms with Gasteiger partial charge in [-0.05, 0) is 35.5 Å². The smallest absolute Gasteiger partial charge is 0.146 e. The molecule has 0 aromatic heterocycles. The van der Waals surface area contributed by atoms with Crippen molar-refractivity contribution < 1.29 is 14.2 Å². The van der Waals surface area contributed by atoms with Crippen LogP contribution >= 0.6 is 0 Å². The van der Waals surface area contributed by atoms with Crippen molar-refractivity contribution in [3.8, 4) is 11.5 Å². The molecular formula is C32H54O3Si2. The second-order valence-corrected chi connectivity index (χ2v) is 23.6. The van der Waals surface area contributed by atoms with Gasteiger partial charge in [-0.1, -0.05) is 111 Å². The Morgan fingerprint density at radius 2 is 1.57 bits per heavy atom. The quantitative estimate of drug-likeness (QED) is 0.114. The van der Waals surface area contributed by atoms with Crippen LogP contribution in [-0.2, 0) is 14.2 Å². The summed E-state index contributed by atoms with van der Waals surface area (Å²) in [5.41, 5.74) is 5.76. The largest absolute Gasteiger partial charge is 0.367 e. The fourth-order valence-corrected chi connectivity index (χ4v) is 18.2. The average molecular weight is 543 g/mol. The van der Waals surface area contributed by atoms with Crippen LogP contribution in [-0.4, -0.2) is 51.9 Å². The molecular weight excluding hydrogens is 489 g/mol. The van der Waals surface area contributed by atoms with Crippen LogP contribution in [0.4, 0.5) is 0 Å². The molecule has 2 saturated heterocycles. The first kappa shape index (κ1) is 30.6. The van der Waals surface area contributed by atoms with E-state index in [1.54, 1.807) is 0 Å². The standard InChI is InChI=1S/C32H54O3Si2/c1-11-18-27-20-21-28-30(33-27)23-32(36(12-2,13-3)14-4)31(35-32)29(34-28)19-16-15-17-22-37(24(5)6,25(7)8)26(9)10/h11,15-16,20-21,24-31H,1,12-14,18-19,23H2,2-10H3/b16-15-/t27-,28+,29-,30-,31+,32+/m1/s1. The fraction of sp³-hybridized carbons (Fsp3) is 0.750. The molecule has 2 fully saturated rings. The van der Waals surface area contributed by atoms with Gasteiger partial charge in [0.25, 0.3) is 0 Å². The Kier molecular flexibility index (Phi) is 10.4. The first-order chi connectivity index (χ1) is 17.6. The molecule has 37 heavy (non-hydrogen) atoms. The second kappa shape index (κ2) is 12.5. The molecule has 0 amide bonds. The fourth-order valence-electron chi connectivity index (χ4n) is 7.94. The molecule has 0 aliphatic carbocycles. The zero-order chi connectivity index (χ0) is 27.4. The van der Waals surface area contributed by atoms with Gasteiger partial charge in [-0.2, -0.15) is 0 Å². The molecule has 0 aromatic rings. The van der Waals surface area contributed by atoms with Crippen molar-refractivity contribution >= 4 is 16.1 Å². The van der Waals surface area contributed by atoms with Crippen LogP contribution in [0.3, 0.4) is 0 Å². The van der Waals surface area contributed by atoms with E-state index in [9.17, 15) is 0 Å². The molecule has 0 spiro atoms. The van der Waals surface area contributed by atoms with Crippen molar-refractivity contribution in [1.29, 1.82) is 0 Å². The Balaban J connectivity index is 1.86. The lowest BCUT2D eigenvalue weighted by Crippen LogP contribution is -2.53.